The number of alkyl halides is 4. The van der Waals surface area contributed by atoms with Gasteiger partial charge in [0.15, 0.2) is 0 Å². The van der Waals surface area contributed by atoms with Gasteiger partial charge < -0.3 is 5.32 Å². The molecule has 1 amide bonds. The lowest BCUT2D eigenvalue weighted by Gasteiger charge is -2.15. The predicted octanol–water partition coefficient (Wildman–Crippen LogP) is 3.02. The van der Waals surface area contributed by atoms with Crippen molar-refractivity contribution >= 4 is 29.1 Å². The molecule has 1 N–H and O–H groups in total. The zero-order valence-electron chi connectivity index (χ0n) is 8.56. The number of pyridine rings is 1. The maximum Gasteiger partial charge on any atom is 0.324 e. The van der Waals surface area contributed by atoms with Gasteiger partial charge in [-0.15, -0.1) is 0 Å². The lowest BCUT2D eigenvalue weighted by Crippen LogP contribution is -2.41. The smallest absolute Gasteiger partial charge is 0.324 e. The van der Waals surface area contributed by atoms with Crippen LogP contribution in [-0.2, 0) is 0 Å². The minimum Gasteiger partial charge on any atom is -0.346 e. The van der Waals surface area contributed by atoms with Crippen molar-refractivity contribution in [1.29, 1.82) is 0 Å². The fourth-order valence-corrected chi connectivity index (χ4v) is 1.30. The Labute approximate surface area is 109 Å². The molecular weight excluding hydrogens is 299 g/mol. The molecule has 1 rings (SSSR count). The summed E-state index contributed by atoms with van der Waals surface area (Å²) in [7, 11) is 0. The van der Waals surface area contributed by atoms with Gasteiger partial charge in [-0.3, -0.25) is 4.79 Å². The second-order valence-corrected chi connectivity index (χ2v) is 4.03. The summed E-state index contributed by atoms with van der Waals surface area (Å²) in [5, 5.41) is 1.44. The Morgan fingerprint density at radius 3 is 2.61 bits per heavy atom. The van der Waals surface area contributed by atoms with Crippen molar-refractivity contribution in [2.75, 3.05) is 6.54 Å². The number of rotatable bonds is 4. The van der Waals surface area contributed by atoms with Crippen LogP contribution in [-0.4, -0.2) is 29.8 Å². The summed E-state index contributed by atoms with van der Waals surface area (Å²) in [6.07, 6.45) is -2.82. The van der Waals surface area contributed by atoms with Gasteiger partial charge in [0.2, 0.25) is 0 Å². The van der Waals surface area contributed by atoms with Gasteiger partial charge in [0.05, 0.1) is 17.1 Å². The van der Waals surface area contributed by atoms with Gasteiger partial charge in [-0.05, 0) is 6.07 Å². The van der Waals surface area contributed by atoms with E-state index in [0.717, 1.165) is 12.3 Å². The number of amides is 1. The van der Waals surface area contributed by atoms with E-state index in [9.17, 15) is 22.4 Å². The molecule has 3 nitrogen and oxygen atoms in total. The fraction of sp³-hybridized carbons (Fsp3) is 0.333. The second-order valence-electron chi connectivity index (χ2n) is 3.23. The molecular formula is C9H6Cl2F4N2O. The van der Waals surface area contributed by atoms with Crippen molar-refractivity contribution in [2.45, 2.75) is 12.3 Å². The second kappa shape index (κ2) is 5.71. The summed E-state index contributed by atoms with van der Waals surface area (Å²) in [5.74, 6) is -5.34. The molecule has 0 unspecified atom stereocenters. The quantitative estimate of drug-likeness (QED) is 0.686. The molecule has 0 fully saturated rings. The van der Waals surface area contributed by atoms with E-state index in [4.69, 9.17) is 23.2 Å². The minimum atomic E-state index is -4.31. The Balaban J connectivity index is 2.75. The number of aromatic nitrogens is 1. The van der Waals surface area contributed by atoms with Crippen LogP contribution in [0.5, 0.6) is 0 Å². The molecule has 100 valence electrons. The lowest BCUT2D eigenvalue weighted by atomic mass is 10.2. The van der Waals surface area contributed by atoms with Gasteiger partial charge in [0, 0.05) is 6.20 Å². The van der Waals surface area contributed by atoms with Crippen molar-refractivity contribution in [3.8, 4) is 0 Å². The van der Waals surface area contributed by atoms with E-state index >= 15 is 0 Å². The van der Waals surface area contributed by atoms with Crippen LogP contribution in [0.2, 0.25) is 10.2 Å². The largest absolute Gasteiger partial charge is 0.346 e. The van der Waals surface area contributed by atoms with Gasteiger partial charge in [-0.25, -0.2) is 13.8 Å². The number of halogens is 6. The van der Waals surface area contributed by atoms with E-state index < -0.39 is 24.8 Å². The van der Waals surface area contributed by atoms with Gasteiger partial charge in [-0.1, -0.05) is 23.2 Å². The highest BCUT2D eigenvalue weighted by atomic mass is 35.5. The monoisotopic (exact) mass is 304 g/mol. The molecule has 1 aromatic heterocycles. The molecule has 0 saturated heterocycles. The van der Waals surface area contributed by atoms with Gasteiger partial charge >= 0.3 is 12.3 Å². The standard InChI is InChI=1S/C9H6Cl2F4N2O/c10-5-2-16-6(11)1-4(5)7(18)17-3-9(14,15)8(12)13/h1-2,8H,3H2,(H,17,18). The zero-order chi connectivity index (χ0) is 13.9. The third-order valence-electron chi connectivity index (χ3n) is 1.87. The van der Waals surface area contributed by atoms with E-state index in [1.807, 2.05) is 0 Å². The van der Waals surface area contributed by atoms with E-state index in [1.54, 1.807) is 5.32 Å². The van der Waals surface area contributed by atoms with Crippen LogP contribution in [0.4, 0.5) is 17.6 Å². The summed E-state index contributed by atoms with van der Waals surface area (Å²) in [6.45, 7) is -1.50. The van der Waals surface area contributed by atoms with Crippen LogP contribution in [0.25, 0.3) is 0 Å². The number of hydrogen-bond donors (Lipinski definition) is 1. The summed E-state index contributed by atoms with van der Waals surface area (Å²) in [5.41, 5.74) is -0.221. The molecule has 0 bridgehead atoms. The highest BCUT2D eigenvalue weighted by Crippen LogP contribution is 2.22. The average Bonchev–Trinajstić information content (AvgIpc) is 2.29. The van der Waals surface area contributed by atoms with Crippen molar-refractivity contribution in [3.63, 3.8) is 0 Å². The van der Waals surface area contributed by atoms with Gasteiger partial charge in [0.1, 0.15) is 5.15 Å². The normalized spacial score (nSPS) is 11.7. The third kappa shape index (κ3) is 3.71. The Hall–Kier alpha value is -1.08. The van der Waals surface area contributed by atoms with Gasteiger partial charge in [0.25, 0.3) is 5.91 Å². The van der Waals surface area contributed by atoms with E-state index in [-0.39, 0.29) is 15.7 Å². The van der Waals surface area contributed by atoms with Crippen LogP contribution >= 0.6 is 23.2 Å². The third-order valence-corrected chi connectivity index (χ3v) is 2.38. The highest BCUT2D eigenvalue weighted by molar-refractivity contribution is 6.35. The maximum atomic E-state index is 12.6. The van der Waals surface area contributed by atoms with E-state index in [0.29, 0.717) is 0 Å². The molecule has 1 aromatic rings. The zero-order valence-corrected chi connectivity index (χ0v) is 10.1. The number of carbonyl (C=O) groups is 1. The average molecular weight is 305 g/mol. The molecule has 0 saturated carbocycles. The highest BCUT2D eigenvalue weighted by Gasteiger charge is 2.40. The Morgan fingerprint density at radius 1 is 1.44 bits per heavy atom. The Morgan fingerprint density at radius 2 is 2.06 bits per heavy atom. The van der Waals surface area contributed by atoms with Crippen molar-refractivity contribution in [1.82, 2.24) is 10.3 Å². The van der Waals surface area contributed by atoms with Crippen molar-refractivity contribution in [2.24, 2.45) is 0 Å². The molecule has 0 aliphatic heterocycles. The number of hydrogen-bond acceptors (Lipinski definition) is 2. The first-order valence-corrected chi connectivity index (χ1v) is 5.25. The Kier molecular flexibility index (Phi) is 4.75. The summed E-state index contributed by atoms with van der Waals surface area (Å²) < 4.78 is 48.8. The summed E-state index contributed by atoms with van der Waals surface area (Å²) in [4.78, 5) is 15.0. The van der Waals surface area contributed by atoms with E-state index in [2.05, 4.69) is 4.98 Å². The van der Waals surface area contributed by atoms with Crippen molar-refractivity contribution in [3.05, 3.63) is 28.0 Å². The van der Waals surface area contributed by atoms with Crippen LogP contribution in [0, 0.1) is 0 Å². The van der Waals surface area contributed by atoms with Gasteiger partial charge in [-0.2, -0.15) is 8.78 Å². The molecule has 0 aliphatic rings. The van der Waals surface area contributed by atoms with Crippen LogP contribution in [0.15, 0.2) is 12.3 Å². The maximum absolute atomic E-state index is 12.6. The summed E-state index contributed by atoms with van der Waals surface area (Å²) in [6, 6.07) is 1.04. The number of nitrogens with one attached hydrogen (secondary N) is 1. The first-order chi connectivity index (χ1) is 8.24. The molecule has 9 heteroatoms. The SMILES string of the molecule is O=C(NCC(F)(F)C(F)F)c1cc(Cl)ncc1Cl. The van der Waals surface area contributed by atoms with Crippen LogP contribution < -0.4 is 5.32 Å². The lowest BCUT2D eigenvalue weighted by molar-refractivity contribution is -0.123. The first kappa shape index (κ1) is 15.0. The molecule has 0 atom stereocenters. The molecule has 0 aromatic carbocycles. The molecule has 0 aliphatic carbocycles. The first-order valence-electron chi connectivity index (χ1n) is 4.49. The van der Waals surface area contributed by atoms with Crippen LogP contribution in [0.1, 0.15) is 10.4 Å². The molecule has 0 spiro atoms. The van der Waals surface area contributed by atoms with Crippen LogP contribution in [0.3, 0.4) is 0 Å². The Bertz CT molecular complexity index is 456. The summed E-state index contributed by atoms with van der Waals surface area (Å²) >= 11 is 11.1. The predicted molar refractivity (Wildman–Crippen MR) is 57.5 cm³/mol. The molecule has 18 heavy (non-hydrogen) atoms. The number of carbonyl (C=O) groups excluding carboxylic acids is 1. The minimum absolute atomic E-state index is 0.0785. The topological polar surface area (TPSA) is 42.0 Å². The fourth-order valence-electron chi connectivity index (χ4n) is 0.958. The van der Waals surface area contributed by atoms with Crippen molar-refractivity contribution < 1.29 is 22.4 Å². The molecule has 1 heterocycles. The molecule has 0 radical (unpaired) electrons. The van der Waals surface area contributed by atoms with E-state index in [1.165, 1.54) is 0 Å². The number of nitrogens with zero attached hydrogens (tertiary/aromatic N) is 1.